The zero-order valence-electron chi connectivity index (χ0n) is 17.4. The van der Waals surface area contributed by atoms with E-state index in [9.17, 15) is 9.18 Å². The summed E-state index contributed by atoms with van der Waals surface area (Å²) in [7, 11) is 1.67. The van der Waals surface area contributed by atoms with Crippen molar-refractivity contribution in [3.63, 3.8) is 0 Å². The van der Waals surface area contributed by atoms with Gasteiger partial charge >= 0.3 is 0 Å². The van der Waals surface area contributed by atoms with Crippen LogP contribution in [0.1, 0.15) is 52.1 Å². The summed E-state index contributed by atoms with van der Waals surface area (Å²) in [6.45, 7) is 1.63. The van der Waals surface area contributed by atoms with Crippen LogP contribution in [0, 0.1) is 5.82 Å². The minimum absolute atomic E-state index is 0.300. The monoisotopic (exact) mass is 440 g/mol. The number of methoxy groups -OCH3 is 1. The Morgan fingerprint density at radius 3 is 2.65 bits per heavy atom. The Hall–Kier alpha value is -2.84. The summed E-state index contributed by atoms with van der Waals surface area (Å²) in [6.07, 6.45) is 4.63. The predicted molar refractivity (Wildman–Crippen MR) is 119 cm³/mol. The van der Waals surface area contributed by atoms with E-state index in [1.54, 1.807) is 7.11 Å². The van der Waals surface area contributed by atoms with E-state index in [0.717, 1.165) is 30.1 Å². The highest BCUT2D eigenvalue weighted by Crippen LogP contribution is 2.32. The number of hydrogen-bond acceptors (Lipinski definition) is 6. The maximum Gasteiger partial charge on any atom is 0.286 e. The molecule has 8 heteroatoms. The summed E-state index contributed by atoms with van der Waals surface area (Å²) in [5.41, 5.74) is 1.79. The molecule has 6 nitrogen and oxygen atoms in total. The Morgan fingerprint density at radius 1 is 1.13 bits per heavy atom. The third-order valence-electron chi connectivity index (χ3n) is 5.47. The van der Waals surface area contributed by atoms with Crippen molar-refractivity contribution in [1.82, 2.24) is 15.1 Å². The van der Waals surface area contributed by atoms with Gasteiger partial charge in [-0.05, 0) is 61.3 Å². The highest BCUT2D eigenvalue weighted by molar-refractivity contribution is 7.13. The standard InChI is InChI=1S/C23H25FN4O2S/c1-30-19-12-6-16(7-13-19)20-5-3-2-4-14-28(20)15-21-26-27-23(31-21)22(29)25-18-10-8-17(24)9-11-18/h6-13,20H,2-5,14-15H2,1H3,(H,25,29)/t20-/m0/s1. The number of likely N-dealkylation sites (tertiary alicyclic amines) is 1. The first-order valence-corrected chi connectivity index (χ1v) is 11.2. The molecule has 1 aromatic heterocycles. The topological polar surface area (TPSA) is 67.3 Å². The Kier molecular flexibility index (Phi) is 6.89. The van der Waals surface area contributed by atoms with Crippen molar-refractivity contribution < 1.29 is 13.9 Å². The molecular formula is C23H25FN4O2S. The fourth-order valence-corrected chi connectivity index (χ4v) is 4.62. The molecule has 1 aliphatic heterocycles. The number of aromatic nitrogens is 2. The van der Waals surface area contributed by atoms with E-state index in [1.807, 2.05) is 12.1 Å². The van der Waals surface area contributed by atoms with Crippen molar-refractivity contribution in [2.24, 2.45) is 0 Å². The smallest absolute Gasteiger partial charge is 0.286 e. The minimum atomic E-state index is -0.347. The van der Waals surface area contributed by atoms with Crippen LogP contribution >= 0.6 is 11.3 Å². The number of carbonyl (C=O) groups is 1. The average molecular weight is 441 g/mol. The molecule has 1 saturated heterocycles. The normalized spacial score (nSPS) is 17.2. The number of ether oxygens (including phenoxy) is 1. The first kappa shape index (κ1) is 21.4. The quantitative estimate of drug-likeness (QED) is 0.581. The van der Waals surface area contributed by atoms with Gasteiger partial charge in [0.2, 0.25) is 5.01 Å². The molecule has 0 spiro atoms. The number of nitrogens with one attached hydrogen (secondary N) is 1. The maximum absolute atomic E-state index is 13.1. The molecule has 0 saturated carbocycles. The third-order valence-corrected chi connectivity index (χ3v) is 6.37. The first-order chi connectivity index (χ1) is 15.1. The van der Waals surface area contributed by atoms with Crippen LogP contribution in [0.15, 0.2) is 48.5 Å². The van der Waals surface area contributed by atoms with E-state index in [-0.39, 0.29) is 11.7 Å². The van der Waals surface area contributed by atoms with Gasteiger partial charge in [-0.3, -0.25) is 9.69 Å². The molecule has 1 atom stereocenters. The fourth-order valence-electron chi connectivity index (χ4n) is 3.86. The SMILES string of the molecule is COc1ccc([C@@H]2CCCCCN2Cc2nnc(C(=O)Nc3ccc(F)cc3)s2)cc1. The van der Waals surface area contributed by atoms with Crippen LogP contribution in [-0.2, 0) is 6.54 Å². The van der Waals surface area contributed by atoms with Crippen molar-refractivity contribution in [2.75, 3.05) is 19.0 Å². The van der Waals surface area contributed by atoms with Crippen molar-refractivity contribution in [1.29, 1.82) is 0 Å². The molecule has 0 bridgehead atoms. The zero-order valence-corrected chi connectivity index (χ0v) is 18.2. The molecule has 31 heavy (non-hydrogen) atoms. The van der Waals surface area contributed by atoms with E-state index < -0.39 is 0 Å². The van der Waals surface area contributed by atoms with E-state index in [2.05, 4.69) is 32.5 Å². The van der Waals surface area contributed by atoms with Crippen LogP contribution in [0.2, 0.25) is 0 Å². The molecule has 162 valence electrons. The number of nitrogens with zero attached hydrogens (tertiary/aromatic N) is 3. The average Bonchev–Trinajstić information content (AvgIpc) is 3.14. The first-order valence-electron chi connectivity index (χ1n) is 10.4. The van der Waals surface area contributed by atoms with Crippen LogP contribution in [0.3, 0.4) is 0 Å². The predicted octanol–water partition coefficient (Wildman–Crippen LogP) is 5.06. The van der Waals surface area contributed by atoms with E-state index in [0.29, 0.717) is 23.3 Å². The van der Waals surface area contributed by atoms with Crippen molar-refractivity contribution >= 4 is 22.9 Å². The molecule has 4 rings (SSSR count). The third kappa shape index (κ3) is 5.45. The number of amides is 1. The lowest BCUT2D eigenvalue weighted by atomic mass is 10.0. The number of hydrogen-bond donors (Lipinski definition) is 1. The van der Waals surface area contributed by atoms with E-state index in [1.165, 1.54) is 54.0 Å². The second-order valence-electron chi connectivity index (χ2n) is 7.57. The number of carbonyl (C=O) groups excluding carboxylic acids is 1. The van der Waals surface area contributed by atoms with Crippen molar-refractivity contribution in [2.45, 2.75) is 38.3 Å². The fraction of sp³-hybridized carbons (Fsp3) is 0.348. The Bertz CT molecular complexity index is 1010. The molecule has 2 aromatic carbocycles. The molecule has 1 fully saturated rings. The van der Waals surface area contributed by atoms with Crippen LogP contribution in [0.25, 0.3) is 0 Å². The van der Waals surface area contributed by atoms with Gasteiger partial charge in [-0.2, -0.15) is 0 Å². The zero-order chi connectivity index (χ0) is 21.6. The molecule has 0 unspecified atom stereocenters. The summed E-state index contributed by atoms with van der Waals surface area (Å²) in [4.78, 5) is 14.9. The van der Waals surface area contributed by atoms with Gasteiger partial charge in [0.05, 0.1) is 13.7 Å². The lowest BCUT2D eigenvalue weighted by molar-refractivity contribution is 0.102. The molecule has 1 aliphatic rings. The largest absolute Gasteiger partial charge is 0.497 e. The Balaban J connectivity index is 1.45. The Morgan fingerprint density at radius 2 is 1.90 bits per heavy atom. The summed E-state index contributed by atoms with van der Waals surface area (Å²) < 4.78 is 18.3. The van der Waals surface area contributed by atoms with Crippen LogP contribution in [-0.4, -0.2) is 34.7 Å². The molecule has 3 aromatic rings. The maximum atomic E-state index is 13.1. The summed E-state index contributed by atoms with van der Waals surface area (Å²) in [6, 6.07) is 14.2. The molecule has 0 aliphatic carbocycles. The van der Waals surface area contributed by atoms with Crippen LogP contribution < -0.4 is 10.1 Å². The van der Waals surface area contributed by atoms with Gasteiger partial charge < -0.3 is 10.1 Å². The van der Waals surface area contributed by atoms with Gasteiger partial charge in [0.1, 0.15) is 16.6 Å². The van der Waals surface area contributed by atoms with Crippen LogP contribution in [0.5, 0.6) is 5.75 Å². The van der Waals surface area contributed by atoms with Crippen molar-refractivity contribution in [3.8, 4) is 5.75 Å². The molecule has 2 heterocycles. The lowest BCUT2D eigenvalue weighted by Crippen LogP contribution is -2.28. The number of benzene rings is 2. The van der Waals surface area contributed by atoms with Gasteiger partial charge in [-0.1, -0.05) is 36.3 Å². The molecule has 0 radical (unpaired) electrons. The van der Waals surface area contributed by atoms with Gasteiger partial charge in [-0.15, -0.1) is 10.2 Å². The highest BCUT2D eigenvalue weighted by atomic mass is 32.1. The Labute approximate surface area is 185 Å². The van der Waals surface area contributed by atoms with Crippen LogP contribution in [0.4, 0.5) is 10.1 Å². The minimum Gasteiger partial charge on any atom is -0.497 e. The van der Waals surface area contributed by atoms with Gasteiger partial charge in [0.15, 0.2) is 0 Å². The summed E-state index contributed by atoms with van der Waals surface area (Å²) in [5, 5.41) is 12.2. The molecule has 1 amide bonds. The van der Waals surface area contributed by atoms with Gasteiger partial charge in [0, 0.05) is 11.7 Å². The molecular weight excluding hydrogens is 415 g/mol. The van der Waals surface area contributed by atoms with E-state index >= 15 is 0 Å². The van der Waals surface area contributed by atoms with Crippen molar-refractivity contribution in [3.05, 3.63) is 69.9 Å². The van der Waals surface area contributed by atoms with Gasteiger partial charge in [-0.25, -0.2) is 4.39 Å². The highest BCUT2D eigenvalue weighted by Gasteiger charge is 2.24. The van der Waals surface area contributed by atoms with Gasteiger partial charge in [0.25, 0.3) is 5.91 Å². The number of halogens is 1. The summed E-state index contributed by atoms with van der Waals surface area (Å²) in [5.74, 6) is 0.169. The number of rotatable bonds is 6. The summed E-state index contributed by atoms with van der Waals surface area (Å²) >= 11 is 1.30. The molecule has 1 N–H and O–H groups in total. The number of anilines is 1. The second-order valence-corrected chi connectivity index (χ2v) is 8.63. The lowest BCUT2D eigenvalue weighted by Gasteiger charge is -2.29. The van der Waals surface area contributed by atoms with E-state index in [4.69, 9.17) is 4.74 Å². The second kappa shape index (κ2) is 9.98.